The van der Waals surface area contributed by atoms with Gasteiger partial charge in [-0.25, -0.2) is 9.97 Å². The van der Waals surface area contributed by atoms with Crippen LogP contribution < -0.4 is 5.32 Å². The van der Waals surface area contributed by atoms with E-state index in [1.54, 1.807) is 0 Å². The molecule has 0 fully saturated rings. The fourth-order valence-electron chi connectivity index (χ4n) is 4.08. The van der Waals surface area contributed by atoms with Crippen molar-refractivity contribution in [3.63, 3.8) is 0 Å². The first-order chi connectivity index (χ1) is 13.4. The summed E-state index contributed by atoms with van der Waals surface area (Å²) in [5, 5.41) is 3.55. The van der Waals surface area contributed by atoms with E-state index in [0.717, 1.165) is 35.5 Å². The van der Waals surface area contributed by atoms with Gasteiger partial charge < -0.3 is 5.32 Å². The summed E-state index contributed by atoms with van der Waals surface area (Å²) in [6.45, 7) is 4.01. The molecule has 27 heavy (non-hydrogen) atoms. The fraction of sp³-hybridized carbons (Fsp3) is 0.167. The Morgan fingerprint density at radius 3 is 1.70 bits per heavy atom. The van der Waals surface area contributed by atoms with Crippen molar-refractivity contribution in [3.05, 3.63) is 83.9 Å². The Balaban J connectivity index is 1.88. The number of para-hydroxylation sites is 2. The highest BCUT2D eigenvalue weighted by Crippen LogP contribution is 2.44. The van der Waals surface area contributed by atoms with E-state index in [1.165, 1.54) is 22.3 Å². The first kappa shape index (κ1) is 16.2. The van der Waals surface area contributed by atoms with Crippen LogP contribution in [0.25, 0.3) is 33.5 Å². The number of fused-ring (bicyclic) bond motifs is 6. The largest absolute Gasteiger partial charge is 0.316 e. The zero-order valence-electron chi connectivity index (χ0n) is 15.3. The monoisotopic (exact) mass is 351 g/mol. The van der Waals surface area contributed by atoms with Crippen molar-refractivity contribution in [3.8, 4) is 22.5 Å². The van der Waals surface area contributed by atoms with Crippen LogP contribution in [-0.2, 0) is 0 Å². The van der Waals surface area contributed by atoms with Gasteiger partial charge in [0.2, 0.25) is 0 Å². The minimum atomic E-state index is 0.275. The van der Waals surface area contributed by atoms with Crippen LogP contribution >= 0.6 is 0 Å². The molecule has 0 aliphatic heterocycles. The van der Waals surface area contributed by atoms with Crippen molar-refractivity contribution in [2.24, 2.45) is 0 Å². The van der Waals surface area contributed by atoms with Crippen LogP contribution in [0, 0.1) is 0 Å². The maximum absolute atomic E-state index is 5.05. The van der Waals surface area contributed by atoms with Crippen molar-refractivity contribution in [1.82, 2.24) is 15.3 Å². The molecule has 0 amide bonds. The molecule has 4 aromatic rings. The second-order valence-electron chi connectivity index (χ2n) is 6.94. The highest BCUT2D eigenvalue weighted by molar-refractivity contribution is 5.90. The van der Waals surface area contributed by atoms with E-state index in [4.69, 9.17) is 9.97 Å². The lowest BCUT2D eigenvalue weighted by Gasteiger charge is -2.20. The molecule has 0 saturated heterocycles. The third-order valence-corrected chi connectivity index (χ3v) is 5.35. The van der Waals surface area contributed by atoms with Gasteiger partial charge in [-0.2, -0.15) is 0 Å². The van der Waals surface area contributed by atoms with Crippen molar-refractivity contribution in [2.75, 3.05) is 13.1 Å². The number of aromatic nitrogens is 2. The van der Waals surface area contributed by atoms with E-state index in [1.807, 2.05) is 24.3 Å². The number of hydrogen-bond donors (Lipinski definition) is 1. The molecule has 1 aliphatic carbocycles. The summed E-state index contributed by atoms with van der Waals surface area (Å²) in [4.78, 5) is 10.1. The summed E-state index contributed by atoms with van der Waals surface area (Å²) >= 11 is 0. The summed E-state index contributed by atoms with van der Waals surface area (Å²) in [5.74, 6) is 0.275. The molecule has 1 N–H and O–H groups in total. The smallest absolute Gasteiger partial charge is 0.0976 e. The first-order valence-electron chi connectivity index (χ1n) is 9.53. The number of likely N-dealkylation sites (N-methyl/N-ethyl adjacent to an activating group) is 1. The van der Waals surface area contributed by atoms with Gasteiger partial charge in [-0.15, -0.1) is 0 Å². The Hall–Kier alpha value is -3.04. The van der Waals surface area contributed by atoms with Gasteiger partial charge in [0.05, 0.1) is 22.4 Å². The molecule has 0 saturated carbocycles. The molecule has 1 aliphatic rings. The quantitative estimate of drug-likeness (QED) is 0.563. The van der Waals surface area contributed by atoms with Crippen molar-refractivity contribution in [1.29, 1.82) is 0 Å². The first-order valence-corrected chi connectivity index (χ1v) is 9.53. The number of nitrogens with one attached hydrogen (secondary N) is 1. The Kier molecular flexibility index (Phi) is 3.95. The van der Waals surface area contributed by atoms with Crippen LogP contribution in [0.1, 0.15) is 24.0 Å². The predicted octanol–water partition coefficient (Wildman–Crippen LogP) is 5.02. The van der Waals surface area contributed by atoms with Gasteiger partial charge in [-0.1, -0.05) is 67.6 Å². The molecule has 132 valence electrons. The predicted molar refractivity (Wildman–Crippen MR) is 111 cm³/mol. The number of rotatable bonds is 3. The van der Waals surface area contributed by atoms with Crippen molar-refractivity contribution in [2.45, 2.75) is 12.8 Å². The van der Waals surface area contributed by atoms with Gasteiger partial charge in [0, 0.05) is 23.6 Å². The van der Waals surface area contributed by atoms with Crippen LogP contribution in [0.5, 0.6) is 0 Å². The van der Waals surface area contributed by atoms with Crippen LogP contribution in [0.4, 0.5) is 0 Å². The molecule has 1 aromatic heterocycles. The van der Waals surface area contributed by atoms with E-state index < -0.39 is 0 Å². The normalized spacial score (nSPS) is 12.9. The summed E-state index contributed by atoms with van der Waals surface area (Å²) in [5.41, 5.74) is 8.84. The van der Waals surface area contributed by atoms with E-state index in [-0.39, 0.29) is 5.92 Å². The molecule has 5 rings (SSSR count). The number of nitrogens with zero attached hydrogens (tertiary/aromatic N) is 2. The molecule has 3 heteroatoms. The van der Waals surface area contributed by atoms with Crippen molar-refractivity contribution >= 4 is 11.0 Å². The van der Waals surface area contributed by atoms with Gasteiger partial charge in [0.25, 0.3) is 0 Å². The van der Waals surface area contributed by atoms with E-state index in [2.05, 4.69) is 60.8 Å². The maximum Gasteiger partial charge on any atom is 0.0976 e. The highest BCUT2D eigenvalue weighted by Gasteiger charge is 2.28. The minimum absolute atomic E-state index is 0.275. The van der Waals surface area contributed by atoms with E-state index in [0.29, 0.717) is 0 Å². The zero-order valence-corrected chi connectivity index (χ0v) is 15.3. The van der Waals surface area contributed by atoms with Gasteiger partial charge in [-0.3, -0.25) is 0 Å². The lowest BCUT2D eigenvalue weighted by Crippen LogP contribution is -2.22. The van der Waals surface area contributed by atoms with Crippen LogP contribution in [0.15, 0.2) is 72.8 Å². The van der Waals surface area contributed by atoms with E-state index in [9.17, 15) is 0 Å². The van der Waals surface area contributed by atoms with Gasteiger partial charge >= 0.3 is 0 Å². The Morgan fingerprint density at radius 1 is 0.704 bits per heavy atom. The molecule has 1 heterocycles. The SMILES string of the molecule is CCNCC1c2ccccc2-c2nc3ccccc3nc2-c2ccccc21. The van der Waals surface area contributed by atoms with Gasteiger partial charge in [-0.05, 0) is 29.8 Å². The number of benzene rings is 3. The second-order valence-corrected chi connectivity index (χ2v) is 6.94. The molecule has 3 aromatic carbocycles. The van der Waals surface area contributed by atoms with Crippen LogP contribution in [-0.4, -0.2) is 23.1 Å². The molecule has 0 unspecified atom stereocenters. The Labute approximate surface area is 159 Å². The van der Waals surface area contributed by atoms with Crippen molar-refractivity contribution < 1.29 is 0 Å². The minimum Gasteiger partial charge on any atom is -0.316 e. The topological polar surface area (TPSA) is 37.8 Å². The Morgan fingerprint density at radius 2 is 1.19 bits per heavy atom. The summed E-state index contributed by atoms with van der Waals surface area (Å²) in [6.07, 6.45) is 0. The molecular weight excluding hydrogens is 330 g/mol. The maximum atomic E-state index is 5.05. The average Bonchev–Trinajstić information content (AvgIpc) is 2.84. The summed E-state index contributed by atoms with van der Waals surface area (Å²) < 4.78 is 0. The molecule has 0 spiro atoms. The third-order valence-electron chi connectivity index (χ3n) is 5.35. The molecule has 0 radical (unpaired) electrons. The van der Waals surface area contributed by atoms with Gasteiger partial charge in [0.15, 0.2) is 0 Å². The lowest BCUT2D eigenvalue weighted by molar-refractivity contribution is 0.660. The summed E-state index contributed by atoms with van der Waals surface area (Å²) in [6, 6.07) is 25.4. The Bertz CT molecular complexity index is 1050. The van der Waals surface area contributed by atoms with E-state index >= 15 is 0 Å². The lowest BCUT2D eigenvalue weighted by atomic mass is 9.87. The average molecular weight is 351 g/mol. The highest BCUT2D eigenvalue weighted by atomic mass is 14.9. The molecular formula is C24H21N3. The molecule has 3 nitrogen and oxygen atoms in total. The van der Waals surface area contributed by atoms with Crippen LogP contribution in [0.3, 0.4) is 0 Å². The third kappa shape index (κ3) is 2.63. The zero-order chi connectivity index (χ0) is 18.2. The summed E-state index contributed by atoms with van der Waals surface area (Å²) in [7, 11) is 0. The number of hydrogen-bond acceptors (Lipinski definition) is 3. The standard InChI is InChI=1S/C24H21N3/c1-2-25-15-20-16-9-3-5-11-18(16)23-24(19-12-6-4-10-17(19)20)27-22-14-8-7-13-21(22)26-23/h3-14,20,25H,2,15H2,1H3. The molecule has 0 bridgehead atoms. The fourth-order valence-corrected chi connectivity index (χ4v) is 4.08. The van der Waals surface area contributed by atoms with Gasteiger partial charge in [0.1, 0.15) is 0 Å². The molecule has 0 atom stereocenters. The second kappa shape index (κ2) is 6.60. The van der Waals surface area contributed by atoms with Crippen LogP contribution in [0.2, 0.25) is 0 Å².